The molecule has 0 bridgehead atoms. The van der Waals surface area contributed by atoms with Crippen molar-refractivity contribution in [1.29, 1.82) is 0 Å². The first-order valence-electron chi connectivity index (χ1n) is 6.87. The molecule has 7 heteroatoms. The molecular formula is C14H25N5O2. The van der Waals surface area contributed by atoms with Crippen molar-refractivity contribution in [1.82, 2.24) is 20.0 Å². The molecule has 0 atom stereocenters. The molecule has 0 unspecified atom stereocenters. The van der Waals surface area contributed by atoms with Crippen LogP contribution in [-0.4, -0.2) is 52.2 Å². The lowest BCUT2D eigenvalue weighted by Gasteiger charge is -2.23. The van der Waals surface area contributed by atoms with E-state index in [0.717, 1.165) is 5.69 Å². The number of rotatable bonds is 5. The quantitative estimate of drug-likeness (QED) is 0.830. The van der Waals surface area contributed by atoms with E-state index in [1.807, 2.05) is 27.7 Å². The summed E-state index contributed by atoms with van der Waals surface area (Å²) in [6.45, 7) is 7.93. The van der Waals surface area contributed by atoms with E-state index in [-0.39, 0.29) is 30.4 Å². The molecule has 0 aliphatic carbocycles. The average Bonchev–Trinajstić information content (AvgIpc) is 2.53. The van der Waals surface area contributed by atoms with E-state index in [9.17, 15) is 9.59 Å². The lowest BCUT2D eigenvalue weighted by atomic mass is 10.1. The molecule has 118 valence electrons. The third kappa shape index (κ3) is 6.40. The number of likely N-dealkylation sites (N-methyl/N-ethyl adjacent to an activating group) is 1. The molecule has 0 spiro atoms. The van der Waals surface area contributed by atoms with E-state index < -0.39 is 0 Å². The molecule has 7 nitrogen and oxygen atoms in total. The zero-order valence-corrected chi connectivity index (χ0v) is 13.6. The molecule has 0 aliphatic heterocycles. The maximum Gasteiger partial charge on any atom is 0.239 e. The monoisotopic (exact) mass is 295 g/mol. The number of nitrogens with zero attached hydrogens (tertiary/aromatic N) is 3. The van der Waals surface area contributed by atoms with Gasteiger partial charge in [-0.25, -0.2) is 0 Å². The number of hydrogen-bond acceptors (Lipinski definition) is 4. The lowest BCUT2D eigenvalue weighted by molar-refractivity contribution is -0.124. The highest BCUT2D eigenvalue weighted by Crippen LogP contribution is 2.07. The summed E-state index contributed by atoms with van der Waals surface area (Å²) in [6, 6.07) is 1.80. The minimum atomic E-state index is -0.271. The maximum absolute atomic E-state index is 11.9. The van der Waals surface area contributed by atoms with Crippen LogP contribution in [0.4, 0.5) is 5.82 Å². The summed E-state index contributed by atoms with van der Waals surface area (Å²) in [4.78, 5) is 25.4. The van der Waals surface area contributed by atoms with Crippen LogP contribution in [0.3, 0.4) is 0 Å². The summed E-state index contributed by atoms with van der Waals surface area (Å²) < 4.78 is 1.61. The van der Waals surface area contributed by atoms with Crippen molar-refractivity contribution in [3.8, 4) is 0 Å². The number of aromatic nitrogens is 2. The van der Waals surface area contributed by atoms with Crippen molar-refractivity contribution in [2.24, 2.45) is 7.05 Å². The Morgan fingerprint density at radius 3 is 2.33 bits per heavy atom. The Morgan fingerprint density at radius 2 is 1.86 bits per heavy atom. The Labute approximate surface area is 125 Å². The zero-order chi connectivity index (χ0) is 16.2. The summed E-state index contributed by atoms with van der Waals surface area (Å²) >= 11 is 0. The van der Waals surface area contributed by atoms with Crippen molar-refractivity contribution >= 4 is 17.6 Å². The van der Waals surface area contributed by atoms with E-state index in [1.54, 1.807) is 29.7 Å². The number of anilines is 1. The minimum absolute atomic E-state index is 0.103. The predicted octanol–water partition coefficient (Wildman–Crippen LogP) is 0.514. The van der Waals surface area contributed by atoms with Crippen LogP contribution in [0.15, 0.2) is 6.07 Å². The van der Waals surface area contributed by atoms with E-state index in [4.69, 9.17) is 0 Å². The number of hydrogen-bond donors (Lipinski definition) is 2. The van der Waals surface area contributed by atoms with Crippen LogP contribution < -0.4 is 10.6 Å². The van der Waals surface area contributed by atoms with Crippen LogP contribution in [-0.2, 0) is 16.6 Å². The van der Waals surface area contributed by atoms with E-state index in [0.29, 0.717) is 5.82 Å². The largest absolute Gasteiger partial charge is 0.350 e. The van der Waals surface area contributed by atoms with E-state index in [1.165, 1.54) is 0 Å². The highest BCUT2D eigenvalue weighted by molar-refractivity contribution is 5.91. The standard InChI is InChI=1S/C14H25N5O2/c1-10-7-11(19(6)17-10)15-12(20)8-18(5)9-13(21)16-14(2,3)4/h7H,8-9H2,1-6H3,(H,15,20)(H,16,21). The molecule has 0 saturated heterocycles. The fourth-order valence-electron chi connectivity index (χ4n) is 1.91. The second kappa shape index (κ2) is 6.71. The van der Waals surface area contributed by atoms with Gasteiger partial charge in [-0.2, -0.15) is 5.10 Å². The third-order valence-electron chi connectivity index (χ3n) is 2.61. The van der Waals surface area contributed by atoms with Gasteiger partial charge in [0.15, 0.2) is 0 Å². The van der Waals surface area contributed by atoms with Crippen LogP contribution in [0.5, 0.6) is 0 Å². The topological polar surface area (TPSA) is 79.3 Å². The van der Waals surface area contributed by atoms with Crippen LogP contribution in [0.1, 0.15) is 26.5 Å². The zero-order valence-electron chi connectivity index (χ0n) is 13.6. The predicted molar refractivity (Wildman–Crippen MR) is 82.0 cm³/mol. The Bertz CT molecular complexity index is 516. The van der Waals surface area contributed by atoms with Gasteiger partial charge in [-0.15, -0.1) is 0 Å². The Morgan fingerprint density at radius 1 is 1.29 bits per heavy atom. The van der Waals surface area contributed by atoms with Crippen molar-refractivity contribution in [2.75, 3.05) is 25.5 Å². The second-order valence-corrected chi connectivity index (χ2v) is 6.31. The fraction of sp³-hybridized carbons (Fsp3) is 0.643. The Hall–Kier alpha value is -1.89. The average molecular weight is 295 g/mol. The van der Waals surface area contributed by atoms with Gasteiger partial charge < -0.3 is 10.6 Å². The van der Waals surface area contributed by atoms with Crippen molar-refractivity contribution in [3.05, 3.63) is 11.8 Å². The first-order chi connectivity index (χ1) is 9.56. The van der Waals surface area contributed by atoms with Gasteiger partial charge in [-0.1, -0.05) is 0 Å². The fourth-order valence-corrected chi connectivity index (χ4v) is 1.91. The van der Waals surface area contributed by atoms with E-state index >= 15 is 0 Å². The normalized spacial score (nSPS) is 11.6. The molecule has 2 amide bonds. The Kier molecular flexibility index (Phi) is 5.48. The summed E-state index contributed by atoms with van der Waals surface area (Å²) in [6.07, 6.45) is 0. The maximum atomic E-state index is 11.9. The first kappa shape index (κ1) is 17.2. The van der Waals surface area contributed by atoms with Gasteiger partial charge in [0.1, 0.15) is 5.82 Å². The number of aryl methyl sites for hydroxylation is 2. The molecule has 0 aliphatic rings. The molecule has 1 heterocycles. The van der Waals surface area contributed by atoms with E-state index in [2.05, 4.69) is 15.7 Å². The molecule has 2 N–H and O–H groups in total. The number of nitrogens with one attached hydrogen (secondary N) is 2. The molecule has 1 aromatic heterocycles. The molecular weight excluding hydrogens is 270 g/mol. The van der Waals surface area contributed by atoms with Crippen LogP contribution in [0.2, 0.25) is 0 Å². The molecule has 21 heavy (non-hydrogen) atoms. The smallest absolute Gasteiger partial charge is 0.239 e. The van der Waals surface area contributed by atoms with Crippen molar-refractivity contribution < 1.29 is 9.59 Å². The number of amides is 2. The summed E-state index contributed by atoms with van der Waals surface area (Å²) in [5.41, 5.74) is 0.567. The van der Waals surface area contributed by atoms with Crippen molar-refractivity contribution in [3.63, 3.8) is 0 Å². The van der Waals surface area contributed by atoms with Crippen LogP contribution in [0.25, 0.3) is 0 Å². The van der Waals surface area contributed by atoms with Gasteiger partial charge in [-0.3, -0.25) is 19.2 Å². The Balaban J connectivity index is 2.44. The van der Waals surface area contributed by atoms with Gasteiger partial charge in [0.05, 0.1) is 18.8 Å². The second-order valence-electron chi connectivity index (χ2n) is 6.31. The molecule has 1 aromatic rings. The summed E-state index contributed by atoms with van der Waals surface area (Å²) in [5.74, 6) is 0.364. The van der Waals surface area contributed by atoms with Gasteiger partial charge >= 0.3 is 0 Å². The molecule has 0 saturated carbocycles. The van der Waals surface area contributed by atoms with Crippen LogP contribution >= 0.6 is 0 Å². The van der Waals surface area contributed by atoms with Gasteiger partial charge in [0.2, 0.25) is 11.8 Å². The highest BCUT2D eigenvalue weighted by atomic mass is 16.2. The minimum Gasteiger partial charge on any atom is -0.350 e. The molecule has 1 rings (SSSR count). The van der Waals surface area contributed by atoms with Gasteiger partial charge in [0.25, 0.3) is 0 Å². The number of carbonyl (C=O) groups is 2. The summed E-state index contributed by atoms with van der Waals surface area (Å²) in [7, 11) is 3.50. The highest BCUT2D eigenvalue weighted by Gasteiger charge is 2.16. The summed E-state index contributed by atoms with van der Waals surface area (Å²) in [5, 5.41) is 9.79. The van der Waals surface area contributed by atoms with Gasteiger partial charge in [-0.05, 0) is 34.7 Å². The molecule has 0 radical (unpaired) electrons. The van der Waals surface area contributed by atoms with Crippen molar-refractivity contribution in [2.45, 2.75) is 33.2 Å². The first-order valence-corrected chi connectivity index (χ1v) is 6.87. The molecule has 0 fully saturated rings. The number of carbonyl (C=O) groups excluding carboxylic acids is 2. The SMILES string of the molecule is Cc1cc(NC(=O)CN(C)CC(=O)NC(C)(C)C)n(C)n1. The lowest BCUT2D eigenvalue weighted by Crippen LogP contribution is -2.46. The third-order valence-corrected chi connectivity index (χ3v) is 2.61. The van der Waals surface area contributed by atoms with Crippen LogP contribution in [0, 0.1) is 6.92 Å². The molecule has 0 aromatic carbocycles. The van der Waals surface area contributed by atoms with Gasteiger partial charge in [0, 0.05) is 18.7 Å².